The number of aliphatic carboxylic acids is 1. The molecule has 2 N–H and O–H groups in total. The van der Waals surface area contributed by atoms with E-state index in [0.717, 1.165) is 13.0 Å². The van der Waals surface area contributed by atoms with Gasteiger partial charge in [-0.05, 0) is 6.07 Å². The normalized spacial score (nSPS) is 11.8. The molecule has 21 heavy (non-hydrogen) atoms. The Morgan fingerprint density at radius 2 is 2.10 bits per heavy atom. The number of nitrogens with zero attached hydrogens (tertiary/aromatic N) is 1. The van der Waals surface area contributed by atoms with Crippen LogP contribution in [-0.4, -0.2) is 33.7 Å². The average Bonchev–Trinajstić information content (AvgIpc) is 2.37. The Balaban J connectivity index is 3.01. The number of carbonyl (C=O) groups is 2. The van der Waals surface area contributed by atoms with Crippen LogP contribution in [0.5, 0.6) is 0 Å². The van der Waals surface area contributed by atoms with E-state index in [9.17, 15) is 28.5 Å². The van der Waals surface area contributed by atoms with Crippen LogP contribution in [0.2, 0.25) is 0 Å². The molecule has 114 valence electrons. The number of benzene rings is 1. The number of rotatable bonds is 6. The van der Waals surface area contributed by atoms with E-state index in [-0.39, 0.29) is 0 Å². The zero-order chi connectivity index (χ0) is 16.2. The second-order valence-electron chi connectivity index (χ2n) is 3.87. The van der Waals surface area contributed by atoms with Crippen molar-refractivity contribution < 1.29 is 28.4 Å². The second-order valence-corrected chi connectivity index (χ2v) is 4.90. The van der Waals surface area contributed by atoms with Crippen molar-refractivity contribution in [2.75, 3.05) is 5.75 Å². The summed E-state index contributed by atoms with van der Waals surface area (Å²) in [5.41, 5.74) is -0.675. The summed E-state index contributed by atoms with van der Waals surface area (Å²) in [6.07, 6.45) is 0. The van der Waals surface area contributed by atoms with E-state index in [1.54, 1.807) is 0 Å². The molecule has 0 bridgehead atoms. The van der Waals surface area contributed by atoms with Crippen molar-refractivity contribution in [3.63, 3.8) is 0 Å². The molecule has 0 aliphatic rings. The van der Waals surface area contributed by atoms with Gasteiger partial charge in [0.05, 0.1) is 4.92 Å². The van der Waals surface area contributed by atoms with Crippen LogP contribution in [0.15, 0.2) is 17.0 Å². The fourth-order valence-corrected chi connectivity index (χ4v) is 2.46. The monoisotopic (exact) mass is 320 g/mol. The number of carboxylic acids is 1. The van der Waals surface area contributed by atoms with Crippen LogP contribution >= 0.6 is 11.8 Å². The maximum Gasteiger partial charge on any atom is 0.327 e. The van der Waals surface area contributed by atoms with Crippen LogP contribution in [0.25, 0.3) is 0 Å². The fourth-order valence-electron chi connectivity index (χ4n) is 1.39. The topological polar surface area (TPSA) is 110 Å². The summed E-state index contributed by atoms with van der Waals surface area (Å²) < 4.78 is 26.7. The van der Waals surface area contributed by atoms with E-state index in [2.05, 4.69) is 5.32 Å². The van der Waals surface area contributed by atoms with Gasteiger partial charge < -0.3 is 10.4 Å². The van der Waals surface area contributed by atoms with Crippen molar-refractivity contribution in [1.82, 2.24) is 5.32 Å². The Morgan fingerprint density at radius 3 is 2.57 bits per heavy atom. The zero-order valence-electron chi connectivity index (χ0n) is 10.6. The summed E-state index contributed by atoms with van der Waals surface area (Å²) in [4.78, 5) is 31.0. The summed E-state index contributed by atoms with van der Waals surface area (Å²) in [7, 11) is 0. The molecular formula is C11H10F2N2O5S. The molecule has 1 aromatic carbocycles. The van der Waals surface area contributed by atoms with Gasteiger partial charge in [0.2, 0.25) is 5.91 Å². The van der Waals surface area contributed by atoms with Crippen LogP contribution in [0, 0.1) is 21.7 Å². The van der Waals surface area contributed by atoms with Crippen LogP contribution in [-0.2, 0) is 9.59 Å². The molecule has 0 heterocycles. The molecule has 0 fully saturated rings. The number of nitro groups is 1. The first-order valence-corrected chi connectivity index (χ1v) is 6.47. The molecular weight excluding hydrogens is 310 g/mol. The third kappa shape index (κ3) is 4.38. The van der Waals surface area contributed by atoms with Gasteiger partial charge in [-0.25, -0.2) is 13.6 Å². The molecule has 0 spiro atoms. The lowest BCUT2D eigenvalue weighted by Crippen LogP contribution is -2.41. The van der Waals surface area contributed by atoms with Crippen molar-refractivity contribution in [3.8, 4) is 0 Å². The Bertz CT molecular complexity index is 596. The number of hydrogen-bond acceptors (Lipinski definition) is 5. The summed E-state index contributed by atoms with van der Waals surface area (Å²) >= 11 is 0.442. The van der Waals surface area contributed by atoms with Crippen LogP contribution in [0.3, 0.4) is 0 Å². The maximum atomic E-state index is 13.6. The van der Waals surface area contributed by atoms with Gasteiger partial charge in [-0.1, -0.05) is 0 Å². The standard InChI is InChI=1S/C11H10F2N2O5S/c1-5(16)14-7(11(17)18)4-21-10-8(15(19)20)3-2-6(12)9(10)13/h2-3,7H,4H2,1H3,(H,14,16)(H,17,18). The molecule has 0 saturated heterocycles. The van der Waals surface area contributed by atoms with Gasteiger partial charge in [-0.2, -0.15) is 0 Å². The molecule has 0 aromatic heterocycles. The highest BCUT2D eigenvalue weighted by atomic mass is 32.2. The van der Waals surface area contributed by atoms with E-state index in [1.165, 1.54) is 0 Å². The Hall–Kier alpha value is -2.23. The highest BCUT2D eigenvalue weighted by Gasteiger charge is 2.25. The number of amides is 1. The number of carboxylic acid groups (broad SMARTS) is 1. The molecule has 0 aliphatic heterocycles. The first-order valence-electron chi connectivity index (χ1n) is 5.49. The van der Waals surface area contributed by atoms with E-state index in [0.29, 0.717) is 17.8 Å². The molecule has 0 saturated carbocycles. The lowest BCUT2D eigenvalue weighted by Gasteiger charge is -2.13. The molecule has 10 heteroatoms. The number of thioether (sulfide) groups is 1. The molecule has 1 rings (SSSR count). The minimum Gasteiger partial charge on any atom is -0.480 e. The highest BCUT2D eigenvalue weighted by molar-refractivity contribution is 7.99. The van der Waals surface area contributed by atoms with Crippen molar-refractivity contribution in [2.24, 2.45) is 0 Å². The van der Waals surface area contributed by atoms with Crippen molar-refractivity contribution >= 4 is 29.3 Å². The predicted octanol–water partition coefficient (Wildman–Crippen LogP) is 1.55. The van der Waals surface area contributed by atoms with Crippen molar-refractivity contribution in [3.05, 3.63) is 33.9 Å². The quantitative estimate of drug-likeness (QED) is 0.467. The van der Waals surface area contributed by atoms with E-state index < -0.39 is 50.8 Å². The van der Waals surface area contributed by atoms with Gasteiger partial charge in [0, 0.05) is 18.7 Å². The molecule has 1 atom stereocenters. The largest absolute Gasteiger partial charge is 0.480 e. The lowest BCUT2D eigenvalue weighted by molar-refractivity contribution is -0.388. The van der Waals surface area contributed by atoms with Gasteiger partial charge >= 0.3 is 5.97 Å². The molecule has 0 radical (unpaired) electrons. The molecule has 1 aromatic rings. The van der Waals surface area contributed by atoms with E-state index >= 15 is 0 Å². The highest BCUT2D eigenvalue weighted by Crippen LogP contribution is 2.33. The fraction of sp³-hybridized carbons (Fsp3) is 0.273. The minimum atomic E-state index is -1.43. The number of carbonyl (C=O) groups excluding carboxylic acids is 1. The van der Waals surface area contributed by atoms with E-state index in [4.69, 9.17) is 5.11 Å². The third-order valence-electron chi connectivity index (χ3n) is 2.30. The Labute approximate surface area is 121 Å². The zero-order valence-corrected chi connectivity index (χ0v) is 11.4. The first-order chi connectivity index (χ1) is 9.73. The lowest BCUT2D eigenvalue weighted by atomic mass is 10.3. The average molecular weight is 320 g/mol. The summed E-state index contributed by atoms with van der Waals surface area (Å²) in [5.74, 6) is -5.12. The van der Waals surface area contributed by atoms with Gasteiger partial charge in [-0.3, -0.25) is 14.9 Å². The third-order valence-corrected chi connectivity index (χ3v) is 3.47. The van der Waals surface area contributed by atoms with Gasteiger partial charge in [0.25, 0.3) is 5.69 Å². The SMILES string of the molecule is CC(=O)NC(CSc1c([N+](=O)[O-])ccc(F)c1F)C(=O)O. The van der Waals surface area contributed by atoms with Gasteiger partial charge in [0.15, 0.2) is 11.6 Å². The molecule has 1 amide bonds. The van der Waals surface area contributed by atoms with Gasteiger partial charge in [0.1, 0.15) is 10.9 Å². The number of halogens is 2. The van der Waals surface area contributed by atoms with Crippen molar-refractivity contribution in [2.45, 2.75) is 17.9 Å². The summed E-state index contributed by atoms with van der Waals surface area (Å²) in [6, 6.07) is 0.0179. The second kappa shape index (κ2) is 6.97. The smallest absolute Gasteiger partial charge is 0.327 e. The van der Waals surface area contributed by atoms with E-state index in [1.807, 2.05) is 0 Å². The molecule has 0 aliphatic carbocycles. The minimum absolute atomic E-state index is 0.393. The predicted molar refractivity (Wildman–Crippen MR) is 69.0 cm³/mol. The Morgan fingerprint density at radius 1 is 1.48 bits per heavy atom. The number of nitrogens with one attached hydrogen (secondary N) is 1. The molecule has 7 nitrogen and oxygen atoms in total. The van der Waals surface area contributed by atoms with Crippen LogP contribution in [0.4, 0.5) is 14.5 Å². The van der Waals surface area contributed by atoms with Gasteiger partial charge in [-0.15, -0.1) is 11.8 Å². The number of nitro benzene ring substituents is 1. The maximum absolute atomic E-state index is 13.6. The first kappa shape index (κ1) is 16.8. The van der Waals surface area contributed by atoms with Crippen molar-refractivity contribution in [1.29, 1.82) is 0 Å². The Kier molecular flexibility index (Phi) is 5.59. The van der Waals surface area contributed by atoms with Crippen LogP contribution < -0.4 is 5.32 Å². The summed E-state index contributed by atoms with van der Waals surface area (Å²) in [5, 5.41) is 21.7. The van der Waals surface area contributed by atoms with Crippen LogP contribution in [0.1, 0.15) is 6.92 Å². The summed E-state index contributed by atoms with van der Waals surface area (Å²) in [6.45, 7) is 1.09. The number of hydrogen-bond donors (Lipinski definition) is 2. The molecule has 1 unspecified atom stereocenters.